The first kappa shape index (κ1) is 28.6. The minimum atomic E-state index is -0.174. The first-order chi connectivity index (χ1) is 18.0. The zero-order valence-corrected chi connectivity index (χ0v) is 22.4. The number of likely N-dealkylation sites (tertiary alicyclic amines) is 1. The highest BCUT2D eigenvalue weighted by Gasteiger charge is 2.25. The summed E-state index contributed by atoms with van der Waals surface area (Å²) >= 11 is 6.05. The van der Waals surface area contributed by atoms with Crippen molar-refractivity contribution in [1.29, 1.82) is 0 Å². The molecule has 0 bridgehead atoms. The van der Waals surface area contributed by atoms with Crippen molar-refractivity contribution in [1.82, 2.24) is 20.0 Å². The van der Waals surface area contributed by atoms with Gasteiger partial charge in [0.2, 0.25) is 5.91 Å². The van der Waals surface area contributed by atoms with Gasteiger partial charge in [0.1, 0.15) is 0 Å². The first-order valence-corrected chi connectivity index (χ1v) is 13.2. The standard InChI is InChI=1S/C28H38ClN5O3/c1-3-7-24-25(19-30)26(18-21-10-12-22(29)13-11-21)32-34(28(24)36)20-23-8-4-15-33(23)16-6-14-31-27(35)9-5-17-37-2/h3,7,10-13,19,23H,1,4-6,8-9,14-18,20,30H2,2H3,(H,31,35)/b24-7+,25-19+/t23-/m1/s1. The molecule has 1 atom stereocenters. The number of amides is 1. The summed E-state index contributed by atoms with van der Waals surface area (Å²) in [6.07, 6.45) is 9.40. The number of carbonyl (C=O) groups is 1. The fourth-order valence-electron chi connectivity index (χ4n) is 4.74. The third kappa shape index (κ3) is 8.28. The summed E-state index contributed by atoms with van der Waals surface area (Å²) in [4.78, 5) is 27.7. The van der Waals surface area contributed by atoms with Crippen molar-refractivity contribution in [2.75, 3.05) is 33.4 Å². The van der Waals surface area contributed by atoms with Gasteiger partial charge in [0.25, 0.3) is 5.56 Å². The minimum absolute atomic E-state index is 0.0572. The van der Waals surface area contributed by atoms with Gasteiger partial charge in [-0.25, -0.2) is 4.68 Å². The number of ether oxygens (including phenoxy) is 1. The van der Waals surface area contributed by atoms with Crippen molar-refractivity contribution >= 4 is 29.8 Å². The highest BCUT2D eigenvalue weighted by molar-refractivity contribution is 6.30. The maximum absolute atomic E-state index is 13.4. The van der Waals surface area contributed by atoms with E-state index in [4.69, 9.17) is 27.2 Å². The van der Waals surface area contributed by atoms with E-state index >= 15 is 0 Å². The quantitative estimate of drug-likeness (QED) is 0.383. The van der Waals surface area contributed by atoms with Gasteiger partial charge in [-0.3, -0.25) is 14.5 Å². The number of benzene rings is 1. The van der Waals surface area contributed by atoms with Gasteiger partial charge in [0.15, 0.2) is 0 Å². The van der Waals surface area contributed by atoms with Crippen LogP contribution in [0.1, 0.15) is 43.4 Å². The van der Waals surface area contributed by atoms with Crippen LogP contribution >= 0.6 is 11.6 Å². The maximum Gasteiger partial charge on any atom is 0.274 e. The van der Waals surface area contributed by atoms with E-state index in [1.165, 1.54) is 6.20 Å². The SMILES string of the molecule is C=C/C=c1/c(=O)n(C[C@H]2CCCN2CCCNC(=O)CCCOC)nc(Cc2ccc(Cl)cc2)/c1=C/N. The van der Waals surface area contributed by atoms with Crippen LogP contribution in [0.4, 0.5) is 0 Å². The molecule has 8 nitrogen and oxygen atoms in total. The van der Waals surface area contributed by atoms with Crippen LogP contribution in [0.3, 0.4) is 0 Å². The first-order valence-electron chi connectivity index (χ1n) is 12.9. The van der Waals surface area contributed by atoms with Crippen LogP contribution in [0.25, 0.3) is 12.3 Å². The Bertz CT molecular complexity index is 1230. The number of halogens is 1. The molecule has 200 valence electrons. The van der Waals surface area contributed by atoms with Crippen molar-refractivity contribution < 1.29 is 9.53 Å². The number of nitrogens with two attached hydrogens (primary N) is 1. The lowest BCUT2D eigenvalue weighted by Crippen LogP contribution is -2.51. The number of hydrogen-bond acceptors (Lipinski definition) is 6. The Hall–Kier alpha value is -2.94. The molecule has 1 aromatic heterocycles. The third-order valence-corrected chi connectivity index (χ3v) is 6.87. The Morgan fingerprint density at radius 3 is 2.78 bits per heavy atom. The van der Waals surface area contributed by atoms with E-state index in [0.29, 0.717) is 48.0 Å². The van der Waals surface area contributed by atoms with Crippen LogP contribution in [0.5, 0.6) is 0 Å². The Morgan fingerprint density at radius 1 is 1.30 bits per heavy atom. The summed E-state index contributed by atoms with van der Waals surface area (Å²) in [5, 5.41) is 9.54. The predicted octanol–water partition coefficient (Wildman–Crippen LogP) is 1.55. The minimum Gasteiger partial charge on any atom is -0.404 e. The number of nitrogens with one attached hydrogen (secondary N) is 1. The predicted molar refractivity (Wildman–Crippen MR) is 149 cm³/mol. The van der Waals surface area contributed by atoms with Crippen LogP contribution in [-0.2, 0) is 22.5 Å². The third-order valence-electron chi connectivity index (χ3n) is 6.62. The van der Waals surface area contributed by atoms with Crippen LogP contribution in [0.15, 0.2) is 41.7 Å². The van der Waals surface area contributed by atoms with E-state index in [9.17, 15) is 9.59 Å². The number of methoxy groups -OCH3 is 1. The number of allylic oxidation sites excluding steroid dienone is 1. The van der Waals surface area contributed by atoms with Gasteiger partial charge in [0.05, 0.1) is 17.5 Å². The van der Waals surface area contributed by atoms with Crippen molar-refractivity contribution in [3.05, 3.63) is 74.0 Å². The van der Waals surface area contributed by atoms with Crippen molar-refractivity contribution in [3.63, 3.8) is 0 Å². The topological polar surface area (TPSA) is 102 Å². The lowest BCUT2D eigenvalue weighted by molar-refractivity contribution is -0.121. The van der Waals surface area contributed by atoms with Crippen molar-refractivity contribution in [3.8, 4) is 0 Å². The molecule has 0 radical (unpaired) electrons. The Kier molecular flexibility index (Phi) is 11.4. The van der Waals surface area contributed by atoms with Gasteiger partial charge in [-0.2, -0.15) is 5.10 Å². The summed E-state index contributed by atoms with van der Waals surface area (Å²) in [5.74, 6) is 0.0572. The molecule has 1 saturated heterocycles. The highest BCUT2D eigenvalue weighted by atomic mass is 35.5. The van der Waals surface area contributed by atoms with Gasteiger partial charge in [-0.15, -0.1) is 0 Å². The summed E-state index contributed by atoms with van der Waals surface area (Å²) in [5.41, 5.74) is 7.54. The molecule has 0 aliphatic carbocycles. The molecule has 1 aliphatic heterocycles. The average Bonchev–Trinajstić information content (AvgIpc) is 3.33. The molecule has 9 heteroatoms. The summed E-state index contributed by atoms with van der Waals surface area (Å²) < 4.78 is 6.57. The Balaban J connectivity index is 1.73. The van der Waals surface area contributed by atoms with E-state index in [1.807, 2.05) is 24.3 Å². The molecule has 0 spiro atoms. The van der Waals surface area contributed by atoms with Crippen LogP contribution in [0.2, 0.25) is 5.02 Å². The van der Waals surface area contributed by atoms with Crippen molar-refractivity contribution in [2.24, 2.45) is 5.73 Å². The summed E-state index contributed by atoms with van der Waals surface area (Å²) in [7, 11) is 1.64. The van der Waals surface area contributed by atoms with Gasteiger partial charge in [0, 0.05) is 62.1 Å². The monoisotopic (exact) mass is 527 g/mol. The van der Waals surface area contributed by atoms with Gasteiger partial charge in [-0.05, 0) is 56.0 Å². The number of carbonyl (C=O) groups excluding carboxylic acids is 1. The lowest BCUT2D eigenvalue weighted by atomic mass is 10.1. The fourth-order valence-corrected chi connectivity index (χ4v) is 4.87. The molecule has 0 saturated carbocycles. The largest absolute Gasteiger partial charge is 0.404 e. The van der Waals surface area contributed by atoms with Gasteiger partial charge >= 0.3 is 0 Å². The lowest BCUT2D eigenvalue weighted by Gasteiger charge is -2.25. The van der Waals surface area contributed by atoms with E-state index < -0.39 is 0 Å². The van der Waals surface area contributed by atoms with Crippen molar-refractivity contribution in [2.45, 2.75) is 51.1 Å². The zero-order valence-electron chi connectivity index (χ0n) is 21.6. The fraction of sp³-hybridized carbons (Fsp3) is 0.464. The molecule has 0 unspecified atom stereocenters. The Morgan fingerprint density at radius 2 is 2.08 bits per heavy atom. The molecule has 2 aromatic rings. The van der Waals surface area contributed by atoms with Crippen LogP contribution in [-0.4, -0.2) is 60.0 Å². The van der Waals surface area contributed by atoms with Crippen LogP contribution in [0, 0.1) is 0 Å². The summed E-state index contributed by atoms with van der Waals surface area (Å²) in [6, 6.07) is 7.79. The Labute approximate surface area is 223 Å². The molecule has 2 heterocycles. The highest BCUT2D eigenvalue weighted by Crippen LogP contribution is 2.18. The van der Waals surface area contributed by atoms with E-state index in [2.05, 4.69) is 16.8 Å². The zero-order chi connectivity index (χ0) is 26.6. The van der Waals surface area contributed by atoms with Gasteiger partial charge in [-0.1, -0.05) is 36.4 Å². The molecule has 3 N–H and O–H groups in total. The molecule has 37 heavy (non-hydrogen) atoms. The molecule has 1 aromatic carbocycles. The molecule has 1 aliphatic rings. The molecule has 1 fully saturated rings. The molecular formula is C28H38ClN5O3. The maximum atomic E-state index is 13.4. The second-order valence-corrected chi connectivity index (χ2v) is 9.70. The second kappa shape index (κ2) is 14.7. The van der Waals surface area contributed by atoms with E-state index in [-0.39, 0.29) is 17.5 Å². The second-order valence-electron chi connectivity index (χ2n) is 9.27. The molecule has 3 rings (SSSR count). The van der Waals surface area contributed by atoms with E-state index in [1.54, 1.807) is 23.9 Å². The number of hydrogen-bond donors (Lipinski definition) is 2. The van der Waals surface area contributed by atoms with Gasteiger partial charge < -0.3 is 15.8 Å². The van der Waals surface area contributed by atoms with E-state index in [0.717, 1.165) is 50.0 Å². The number of aromatic nitrogens is 2. The summed E-state index contributed by atoms with van der Waals surface area (Å²) in [6.45, 7) is 7.33. The molecular weight excluding hydrogens is 490 g/mol. The number of nitrogens with zero attached hydrogens (tertiary/aromatic N) is 3. The number of rotatable bonds is 13. The average molecular weight is 528 g/mol. The molecule has 1 amide bonds. The smallest absolute Gasteiger partial charge is 0.274 e. The van der Waals surface area contributed by atoms with Crippen LogP contribution < -0.4 is 27.0 Å². The normalized spacial score (nSPS) is 16.9.